The van der Waals surface area contributed by atoms with Crippen LogP contribution in [-0.4, -0.2) is 85.7 Å². The monoisotopic (exact) mass is 558 g/mol. The summed E-state index contributed by atoms with van der Waals surface area (Å²) in [4.78, 5) is 32.6. The number of esters is 1. The van der Waals surface area contributed by atoms with Gasteiger partial charge in [0, 0.05) is 48.1 Å². The molecule has 0 unspecified atom stereocenters. The molecular weight excluding hydrogens is 524 g/mol. The summed E-state index contributed by atoms with van der Waals surface area (Å²) in [5.74, 6) is 1.15. The number of carbonyl (C=O) groups excluding carboxylic acids is 1. The number of aryl methyl sites for hydroxylation is 1. The highest BCUT2D eigenvalue weighted by atomic mass is 32.2. The van der Waals surface area contributed by atoms with Gasteiger partial charge in [-0.05, 0) is 38.9 Å². The second-order valence-electron chi connectivity index (χ2n) is 9.45. The lowest BCUT2D eigenvalue weighted by Crippen LogP contribution is -2.37. The van der Waals surface area contributed by atoms with Crippen LogP contribution in [0.3, 0.4) is 0 Å². The number of fused-ring (bicyclic) bond motifs is 1. The van der Waals surface area contributed by atoms with E-state index in [1.54, 1.807) is 18.4 Å². The zero-order chi connectivity index (χ0) is 26.6. The molecule has 2 saturated heterocycles. The van der Waals surface area contributed by atoms with E-state index in [0.29, 0.717) is 19.1 Å². The summed E-state index contributed by atoms with van der Waals surface area (Å²) in [5, 5.41) is 0. The van der Waals surface area contributed by atoms with Crippen LogP contribution in [0, 0.1) is 12.8 Å². The first-order valence-corrected chi connectivity index (χ1v) is 14.8. The third-order valence-corrected chi connectivity index (χ3v) is 8.71. The van der Waals surface area contributed by atoms with Crippen LogP contribution in [0.1, 0.15) is 23.3 Å². The molecule has 12 heteroatoms. The fraction of sp³-hybridized carbons (Fsp3) is 0.538. The van der Waals surface area contributed by atoms with Gasteiger partial charge in [0.1, 0.15) is 5.69 Å². The molecule has 38 heavy (non-hydrogen) atoms. The molecule has 0 atom stereocenters. The fourth-order valence-electron chi connectivity index (χ4n) is 5.05. The smallest absolute Gasteiger partial charge is 0.308 e. The Hall–Kier alpha value is -2.67. The van der Waals surface area contributed by atoms with Crippen LogP contribution in [0.25, 0.3) is 21.5 Å². The fourth-order valence-corrected chi connectivity index (χ4v) is 6.53. The van der Waals surface area contributed by atoms with Crippen molar-refractivity contribution < 1.29 is 19.0 Å². The number of rotatable bonds is 8. The number of thiophene rings is 1. The maximum atomic E-state index is 12.0. The average Bonchev–Trinajstić information content (AvgIpc) is 3.27. The molecule has 204 valence electrons. The molecule has 0 aromatic carbocycles. The van der Waals surface area contributed by atoms with Gasteiger partial charge in [-0.2, -0.15) is 0 Å². The number of nitrogens with one attached hydrogen (secondary N) is 1. The lowest BCUT2D eigenvalue weighted by Gasteiger charge is -2.30. The molecule has 0 aliphatic carbocycles. The van der Waals surface area contributed by atoms with Crippen molar-refractivity contribution >= 4 is 51.1 Å². The maximum absolute atomic E-state index is 12.0. The average molecular weight is 559 g/mol. The van der Waals surface area contributed by atoms with Gasteiger partial charge in [0.15, 0.2) is 0 Å². The molecule has 0 saturated carbocycles. The normalized spacial score (nSPS) is 17.1. The Morgan fingerprint density at radius 1 is 1.21 bits per heavy atom. The molecule has 0 spiro atoms. The largest absolute Gasteiger partial charge is 0.480 e. The van der Waals surface area contributed by atoms with E-state index in [4.69, 9.17) is 24.2 Å². The van der Waals surface area contributed by atoms with Crippen LogP contribution in [-0.2, 0) is 20.8 Å². The highest BCUT2D eigenvalue weighted by Gasteiger charge is 2.28. The van der Waals surface area contributed by atoms with E-state index >= 15 is 0 Å². The molecule has 2 fully saturated rings. The van der Waals surface area contributed by atoms with Crippen molar-refractivity contribution in [2.75, 3.05) is 69.5 Å². The Balaban J connectivity index is 1.54. The Bertz CT molecular complexity index is 1290. The summed E-state index contributed by atoms with van der Waals surface area (Å²) in [6.07, 6.45) is 5.42. The van der Waals surface area contributed by atoms with Gasteiger partial charge in [-0.15, -0.1) is 11.3 Å². The number of ether oxygens (including phenoxy) is 3. The number of hydrogen-bond acceptors (Lipinski definition) is 12. The van der Waals surface area contributed by atoms with Gasteiger partial charge in [-0.1, -0.05) is 11.9 Å². The van der Waals surface area contributed by atoms with E-state index in [9.17, 15) is 4.79 Å². The molecule has 0 bridgehead atoms. The Kier molecular flexibility index (Phi) is 8.51. The van der Waals surface area contributed by atoms with Gasteiger partial charge in [-0.3, -0.25) is 9.69 Å². The number of carbonyl (C=O) groups is 1. The van der Waals surface area contributed by atoms with Crippen molar-refractivity contribution in [3.8, 4) is 17.1 Å². The van der Waals surface area contributed by atoms with Gasteiger partial charge in [0.05, 0.1) is 49.3 Å². The van der Waals surface area contributed by atoms with Crippen LogP contribution >= 0.6 is 23.3 Å². The number of nitrogens with zero attached hydrogens (tertiary/aromatic N) is 5. The topological polar surface area (TPSA) is 102 Å². The summed E-state index contributed by atoms with van der Waals surface area (Å²) in [6.45, 7) is 7.50. The second-order valence-corrected chi connectivity index (χ2v) is 11.3. The number of aromatic nitrogens is 3. The van der Waals surface area contributed by atoms with Crippen molar-refractivity contribution in [3.05, 3.63) is 22.7 Å². The molecular formula is C26H34N6O4S2. The number of hydrogen-bond donors (Lipinski definition) is 1. The zero-order valence-electron chi connectivity index (χ0n) is 22.3. The van der Waals surface area contributed by atoms with Gasteiger partial charge < -0.3 is 23.8 Å². The highest BCUT2D eigenvalue weighted by molar-refractivity contribution is 7.99. The van der Waals surface area contributed by atoms with Crippen molar-refractivity contribution in [3.63, 3.8) is 0 Å². The molecule has 3 aromatic heterocycles. The number of likely N-dealkylation sites (tertiary alicyclic amines) is 1. The summed E-state index contributed by atoms with van der Waals surface area (Å²) in [7, 11) is 3.09. The van der Waals surface area contributed by atoms with E-state index in [1.165, 1.54) is 29.5 Å². The van der Waals surface area contributed by atoms with Gasteiger partial charge in [-0.25, -0.2) is 15.0 Å². The molecule has 3 aromatic rings. The van der Waals surface area contributed by atoms with E-state index in [2.05, 4.69) is 26.4 Å². The van der Waals surface area contributed by atoms with E-state index in [-0.39, 0.29) is 11.9 Å². The standard InChI is InChI=1S/C26H34N6O4S2/c1-16-19(15-31-7-5-17(6-8-31)25(33)35-3)22-23(38-16)21(28-26(29-22)32-9-11-36-12-10-32)18-13-20(30-37-4)24(34-2)27-14-18/h13-14,17,30H,5-12,15H2,1-4H3. The van der Waals surface area contributed by atoms with Crippen molar-refractivity contribution in [1.29, 1.82) is 0 Å². The van der Waals surface area contributed by atoms with Gasteiger partial charge >= 0.3 is 5.97 Å². The first-order valence-electron chi connectivity index (χ1n) is 12.8. The molecule has 0 radical (unpaired) electrons. The lowest BCUT2D eigenvalue weighted by atomic mass is 9.96. The summed E-state index contributed by atoms with van der Waals surface area (Å²) in [6, 6.07) is 2.04. The maximum Gasteiger partial charge on any atom is 0.308 e. The van der Waals surface area contributed by atoms with Crippen molar-refractivity contribution in [2.24, 2.45) is 5.92 Å². The first kappa shape index (κ1) is 26.9. The van der Waals surface area contributed by atoms with Crippen LogP contribution < -0.4 is 14.4 Å². The van der Waals surface area contributed by atoms with Crippen LogP contribution in [0.15, 0.2) is 12.3 Å². The number of morpholine rings is 1. The Morgan fingerprint density at radius 3 is 2.66 bits per heavy atom. The van der Waals surface area contributed by atoms with E-state index < -0.39 is 0 Å². The zero-order valence-corrected chi connectivity index (χ0v) is 23.9. The molecule has 1 N–H and O–H groups in total. The number of pyridine rings is 1. The number of methoxy groups -OCH3 is 2. The molecule has 0 amide bonds. The predicted molar refractivity (Wildman–Crippen MR) is 152 cm³/mol. The van der Waals surface area contributed by atoms with Crippen LogP contribution in [0.5, 0.6) is 5.88 Å². The first-order chi connectivity index (χ1) is 18.5. The summed E-state index contributed by atoms with van der Waals surface area (Å²) in [5.41, 5.74) is 4.81. The lowest BCUT2D eigenvalue weighted by molar-refractivity contribution is -0.147. The van der Waals surface area contributed by atoms with Gasteiger partial charge in [0.25, 0.3) is 0 Å². The summed E-state index contributed by atoms with van der Waals surface area (Å²) < 4.78 is 20.3. The predicted octanol–water partition coefficient (Wildman–Crippen LogP) is 3.98. The quantitative estimate of drug-likeness (QED) is 0.321. The second kappa shape index (κ2) is 12.0. The molecule has 5 rings (SSSR count). The summed E-state index contributed by atoms with van der Waals surface area (Å²) >= 11 is 3.22. The van der Waals surface area contributed by atoms with Gasteiger partial charge in [0.2, 0.25) is 11.8 Å². The SMILES string of the molecule is COC(=O)C1CCN(Cc2c(C)sc3c(-c4cnc(OC)c(NSC)c4)nc(N4CCOCC4)nc23)CC1. The molecule has 2 aliphatic heterocycles. The minimum absolute atomic E-state index is 0.00919. The number of anilines is 2. The minimum atomic E-state index is -0.0993. The molecule has 5 heterocycles. The third kappa shape index (κ3) is 5.54. The van der Waals surface area contributed by atoms with Crippen LogP contribution in [0.2, 0.25) is 0 Å². The van der Waals surface area contributed by atoms with Crippen molar-refractivity contribution in [1.82, 2.24) is 19.9 Å². The Morgan fingerprint density at radius 2 is 1.97 bits per heavy atom. The minimum Gasteiger partial charge on any atom is -0.480 e. The number of piperidine rings is 1. The molecule has 10 nitrogen and oxygen atoms in total. The molecule has 2 aliphatic rings. The highest BCUT2D eigenvalue weighted by Crippen LogP contribution is 2.40. The van der Waals surface area contributed by atoms with Crippen molar-refractivity contribution in [2.45, 2.75) is 26.3 Å². The van der Waals surface area contributed by atoms with E-state index in [1.807, 2.05) is 18.5 Å². The van der Waals surface area contributed by atoms with Crippen LogP contribution in [0.4, 0.5) is 11.6 Å². The Labute approximate surface area is 231 Å². The van der Waals surface area contributed by atoms with E-state index in [0.717, 1.165) is 78.7 Å². The third-order valence-electron chi connectivity index (χ3n) is 7.15.